The minimum Gasteiger partial charge on any atom is -0.408 e. The Morgan fingerprint density at radius 3 is 3.12 bits per heavy atom. The van der Waals surface area contributed by atoms with Crippen molar-refractivity contribution in [1.29, 1.82) is 5.26 Å². The fraction of sp³-hybridized carbons (Fsp3) is 0.333. The lowest BCUT2D eigenvalue weighted by atomic mass is 10.2. The normalized spacial score (nSPS) is 10.4. The van der Waals surface area contributed by atoms with Gasteiger partial charge in [0.25, 0.3) is 0 Å². The smallest absolute Gasteiger partial charge is 0.408 e. The highest BCUT2D eigenvalue weighted by molar-refractivity contribution is 5.77. The van der Waals surface area contributed by atoms with Crippen molar-refractivity contribution < 1.29 is 4.42 Å². The number of H-pyrrole nitrogens is 1. The molecule has 0 radical (unpaired) electrons. The molecule has 5 heteroatoms. The fourth-order valence-electron chi connectivity index (χ4n) is 1.70. The molecule has 1 aromatic heterocycles. The summed E-state index contributed by atoms with van der Waals surface area (Å²) in [6.07, 6.45) is 1.38. The van der Waals surface area contributed by atoms with E-state index in [0.717, 1.165) is 18.7 Å². The van der Waals surface area contributed by atoms with Gasteiger partial charge in [0.05, 0.1) is 11.6 Å². The summed E-state index contributed by atoms with van der Waals surface area (Å²) < 4.78 is 4.93. The first kappa shape index (κ1) is 11.3. The Labute approximate surface area is 98.3 Å². The predicted molar refractivity (Wildman–Crippen MR) is 65.0 cm³/mol. The zero-order valence-corrected chi connectivity index (χ0v) is 9.56. The number of rotatable bonds is 4. The molecule has 1 N–H and O–H groups in total. The van der Waals surface area contributed by atoms with Crippen LogP contribution in [-0.4, -0.2) is 18.6 Å². The molecule has 2 aromatic rings. The van der Waals surface area contributed by atoms with E-state index in [1.54, 1.807) is 6.07 Å². The maximum absolute atomic E-state index is 11.0. The van der Waals surface area contributed by atoms with E-state index < -0.39 is 5.76 Å². The van der Waals surface area contributed by atoms with Crippen molar-refractivity contribution in [2.45, 2.75) is 12.8 Å². The highest BCUT2D eigenvalue weighted by Gasteiger charge is 2.05. The van der Waals surface area contributed by atoms with Gasteiger partial charge < -0.3 is 9.32 Å². The Kier molecular flexibility index (Phi) is 3.15. The standard InChI is InChI=1S/C12H13N3O2/c1-15(7-3-2-6-13)9-4-5-11-10(8-9)14-12(16)17-11/h4-5,8H,2-3,7H2,1H3,(H,14,16). The van der Waals surface area contributed by atoms with Gasteiger partial charge in [0.1, 0.15) is 0 Å². The number of benzene rings is 1. The number of nitriles is 1. The quantitative estimate of drug-likeness (QED) is 0.815. The van der Waals surface area contributed by atoms with Crippen LogP contribution in [0.3, 0.4) is 0 Å². The van der Waals surface area contributed by atoms with Crippen LogP contribution in [0.4, 0.5) is 5.69 Å². The van der Waals surface area contributed by atoms with Crippen molar-refractivity contribution in [3.05, 3.63) is 28.7 Å². The van der Waals surface area contributed by atoms with Gasteiger partial charge in [-0.3, -0.25) is 4.98 Å². The molecular formula is C12H13N3O2. The number of aromatic nitrogens is 1. The summed E-state index contributed by atoms with van der Waals surface area (Å²) in [6, 6.07) is 7.65. The molecule has 17 heavy (non-hydrogen) atoms. The first-order chi connectivity index (χ1) is 8.20. The predicted octanol–water partition coefficient (Wildman–Crippen LogP) is 1.86. The number of fused-ring (bicyclic) bond motifs is 1. The van der Waals surface area contributed by atoms with E-state index in [1.807, 2.05) is 24.1 Å². The van der Waals surface area contributed by atoms with E-state index in [9.17, 15) is 4.79 Å². The average molecular weight is 231 g/mol. The molecule has 0 aliphatic rings. The molecule has 5 nitrogen and oxygen atoms in total. The maximum atomic E-state index is 11.0. The molecule has 0 fully saturated rings. The summed E-state index contributed by atoms with van der Waals surface area (Å²) in [5, 5.41) is 8.47. The van der Waals surface area contributed by atoms with E-state index in [0.29, 0.717) is 17.5 Å². The van der Waals surface area contributed by atoms with Crippen molar-refractivity contribution in [3.8, 4) is 6.07 Å². The molecule has 1 heterocycles. The van der Waals surface area contributed by atoms with Gasteiger partial charge in [-0.2, -0.15) is 5.26 Å². The van der Waals surface area contributed by atoms with Crippen molar-refractivity contribution >= 4 is 16.8 Å². The van der Waals surface area contributed by atoms with Crippen molar-refractivity contribution in [1.82, 2.24) is 4.98 Å². The van der Waals surface area contributed by atoms with Gasteiger partial charge >= 0.3 is 5.76 Å². The lowest BCUT2D eigenvalue weighted by Gasteiger charge is -2.18. The number of hydrogen-bond acceptors (Lipinski definition) is 4. The summed E-state index contributed by atoms with van der Waals surface area (Å²) in [7, 11) is 1.96. The second-order valence-corrected chi connectivity index (χ2v) is 3.88. The van der Waals surface area contributed by atoms with E-state index in [1.165, 1.54) is 0 Å². The Hall–Kier alpha value is -2.22. The van der Waals surface area contributed by atoms with Crippen LogP contribution in [-0.2, 0) is 0 Å². The molecule has 88 valence electrons. The Balaban J connectivity index is 2.18. The number of unbranched alkanes of at least 4 members (excludes halogenated alkanes) is 1. The highest BCUT2D eigenvalue weighted by Crippen LogP contribution is 2.19. The molecule has 0 aliphatic heterocycles. The second kappa shape index (κ2) is 4.74. The van der Waals surface area contributed by atoms with Crippen LogP contribution >= 0.6 is 0 Å². The van der Waals surface area contributed by atoms with E-state index in [-0.39, 0.29) is 0 Å². The first-order valence-corrected chi connectivity index (χ1v) is 5.41. The van der Waals surface area contributed by atoms with Gasteiger partial charge in [0.2, 0.25) is 0 Å². The molecule has 0 aliphatic carbocycles. The van der Waals surface area contributed by atoms with Crippen molar-refractivity contribution in [2.75, 3.05) is 18.5 Å². The lowest BCUT2D eigenvalue weighted by Crippen LogP contribution is -2.18. The zero-order chi connectivity index (χ0) is 12.3. The molecule has 1 aromatic carbocycles. The van der Waals surface area contributed by atoms with Crippen molar-refractivity contribution in [2.24, 2.45) is 0 Å². The van der Waals surface area contributed by atoms with Crippen LogP contribution < -0.4 is 10.7 Å². The largest absolute Gasteiger partial charge is 0.417 e. The molecule has 0 atom stereocenters. The Morgan fingerprint density at radius 1 is 1.53 bits per heavy atom. The molecule has 0 spiro atoms. The second-order valence-electron chi connectivity index (χ2n) is 3.88. The molecule has 0 unspecified atom stereocenters. The monoisotopic (exact) mass is 231 g/mol. The van der Waals surface area contributed by atoms with Crippen LogP contribution in [0.25, 0.3) is 11.1 Å². The van der Waals surface area contributed by atoms with Crippen LogP contribution in [0, 0.1) is 11.3 Å². The van der Waals surface area contributed by atoms with Gasteiger partial charge in [-0.05, 0) is 24.6 Å². The number of anilines is 1. The third-order valence-corrected chi connectivity index (χ3v) is 2.63. The minimum absolute atomic E-state index is 0.440. The fourth-order valence-corrected chi connectivity index (χ4v) is 1.70. The first-order valence-electron chi connectivity index (χ1n) is 5.41. The minimum atomic E-state index is -0.440. The third kappa shape index (κ3) is 2.48. The molecule has 2 rings (SSSR count). The van der Waals surface area contributed by atoms with E-state index in [4.69, 9.17) is 9.68 Å². The summed E-state index contributed by atoms with van der Waals surface area (Å²) in [6.45, 7) is 0.807. The Morgan fingerprint density at radius 2 is 2.35 bits per heavy atom. The Bertz CT molecular complexity index is 606. The topological polar surface area (TPSA) is 73.0 Å². The average Bonchev–Trinajstić information content (AvgIpc) is 2.68. The summed E-state index contributed by atoms with van der Waals surface area (Å²) >= 11 is 0. The van der Waals surface area contributed by atoms with E-state index >= 15 is 0 Å². The molecule has 0 saturated heterocycles. The summed E-state index contributed by atoms with van der Waals surface area (Å²) in [4.78, 5) is 15.7. The number of nitrogens with one attached hydrogen (secondary N) is 1. The van der Waals surface area contributed by atoms with Gasteiger partial charge in [-0.25, -0.2) is 4.79 Å². The maximum Gasteiger partial charge on any atom is 0.417 e. The SMILES string of the molecule is CN(CCCC#N)c1ccc2oc(=O)[nH]c2c1. The number of nitrogens with zero attached hydrogens (tertiary/aromatic N) is 2. The molecular weight excluding hydrogens is 218 g/mol. The highest BCUT2D eigenvalue weighted by atomic mass is 16.4. The van der Waals surface area contributed by atoms with Crippen LogP contribution in [0.1, 0.15) is 12.8 Å². The lowest BCUT2D eigenvalue weighted by molar-refractivity contribution is 0.555. The van der Waals surface area contributed by atoms with Gasteiger partial charge in [-0.1, -0.05) is 0 Å². The van der Waals surface area contributed by atoms with Gasteiger partial charge in [-0.15, -0.1) is 0 Å². The van der Waals surface area contributed by atoms with Gasteiger partial charge in [0.15, 0.2) is 5.58 Å². The number of oxazole rings is 1. The molecule has 0 saturated carbocycles. The number of aromatic amines is 1. The van der Waals surface area contributed by atoms with Crippen LogP contribution in [0.5, 0.6) is 0 Å². The van der Waals surface area contributed by atoms with Gasteiger partial charge in [0, 0.05) is 25.7 Å². The zero-order valence-electron chi connectivity index (χ0n) is 9.56. The molecule has 0 amide bonds. The molecule has 0 bridgehead atoms. The van der Waals surface area contributed by atoms with E-state index in [2.05, 4.69) is 11.1 Å². The van der Waals surface area contributed by atoms with Crippen molar-refractivity contribution in [3.63, 3.8) is 0 Å². The third-order valence-electron chi connectivity index (χ3n) is 2.63. The van der Waals surface area contributed by atoms with Crippen LogP contribution in [0.15, 0.2) is 27.4 Å². The number of hydrogen-bond donors (Lipinski definition) is 1. The summed E-state index contributed by atoms with van der Waals surface area (Å²) in [5.41, 5.74) is 2.25. The van der Waals surface area contributed by atoms with Crippen LogP contribution in [0.2, 0.25) is 0 Å². The summed E-state index contributed by atoms with van der Waals surface area (Å²) in [5.74, 6) is -0.440.